The Balaban J connectivity index is 0.00000549. The number of benzene rings is 1. The smallest absolute Gasteiger partial charge is 0.514 e. The van der Waals surface area contributed by atoms with Crippen LogP contribution in [0.4, 0.5) is 19.4 Å². The van der Waals surface area contributed by atoms with E-state index in [0.29, 0.717) is 21.5 Å². The summed E-state index contributed by atoms with van der Waals surface area (Å²) in [4.78, 5) is 63.4. The van der Waals surface area contributed by atoms with Crippen molar-refractivity contribution in [1.82, 2.24) is 35.2 Å². The molecule has 1 aromatic carbocycles. The third-order valence-electron chi connectivity index (χ3n) is 8.46. The first kappa shape index (κ1) is 42.5. The van der Waals surface area contributed by atoms with Crippen LogP contribution in [-0.2, 0) is 47.2 Å². The molecule has 6 heterocycles. The minimum atomic E-state index is -5.52. The van der Waals surface area contributed by atoms with Gasteiger partial charge in [-0.15, -0.1) is 0 Å². The summed E-state index contributed by atoms with van der Waals surface area (Å²) in [5.41, 5.74) is 4.62. The van der Waals surface area contributed by atoms with E-state index in [0.717, 1.165) is 29.5 Å². The van der Waals surface area contributed by atoms with Crippen LogP contribution in [0.5, 0.6) is 5.75 Å². The number of alkyl halides is 2. The van der Waals surface area contributed by atoms with Gasteiger partial charge in [0.25, 0.3) is 13.4 Å². The van der Waals surface area contributed by atoms with Gasteiger partial charge in [-0.1, -0.05) is 12.1 Å². The first-order valence-corrected chi connectivity index (χ1v) is 21.2. The molecule has 0 saturated carbocycles. The van der Waals surface area contributed by atoms with Crippen LogP contribution >= 0.6 is 26.0 Å². The second-order valence-corrected chi connectivity index (χ2v) is 18.1. The van der Waals surface area contributed by atoms with Gasteiger partial charge in [0.05, 0.1) is 25.6 Å². The van der Waals surface area contributed by atoms with Gasteiger partial charge >= 0.3 is 18.6 Å². The summed E-state index contributed by atoms with van der Waals surface area (Å²) in [6.07, 6.45) is -13.5. The van der Waals surface area contributed by atoms with E-state index >= 15 is 8.78 Å². The average Bonchev–Trinajstić information content (AvgIpc) is 3.79. The van der Waals surface area contributed by atoms with Gasteiger partial charge in [0.2, 0.25) is 0 Å². The zero-order chi connectivity index (χ0) is 39.9. The van der Waals surface area contributed by atoms with Crippen molar-refractivity contribution in [2.24, 2.45) is 0 Å². The van der Waals surface area contributed by atoms with E-state index in [4.69, 9.17) is 42.8 Å². The number of anilines is 1. The zero-order valence-electron chi connectivity index (χ0n) is 30.0. The first-order valence-electron chi connectivity index (χ1n) is 16.6. The molecule has 0 radical (unpaired) electrons. The van der Waals surface area contributed by atoms with E-state index in [9.17, 15) is 28.4 Å². The molecule has 2 unspecified atom stereocenters. The highest BCUT2D eigenvalue weighted by atomic mass is 32.7. The number of imidazole rings is 1. The van der Waals surface area contributed by atoms with Gasteiger partial charge in [0.15, 0.2) is 36.3 Å². The largest absolute Gasteiger partial charge is 0.756 e. The summed E-state index contributed by atoms with van der Waals surface area (Å²) < 4.78 is 106. The van der Waals surface area contributed by atoms with Crippen LogP contribution in [0, 0.1) is 0 Å². The highest BCUT2D eigenvalue weighted by molar-refractivity contribution is 8.54. The molecular weight excluding hydrogens is 828 g/mol. The Labute approximate surface area is 323 Å². The summed E-state index contributed by atoms with van der Waals surface area (Å²) in [6, 6.07) is 6.82. The Hall–Kier alpha value is -4.13. The van der Waals surface area contributed by atoms with Gasteiger partial charge in [-0.2, -0.15) is 0 Å². The number of carbonyl (C=O) groups excluding carboxylic acids is 1. The SMILES string of the molecule is CC(C)OC(=O)Oc1ccc(CSP2(=O)OC[C@H]3O[C@@H](n4cnc5c(N)ncnc54)[C@H](OP(=O)([O-])OC[C@H]4O[C@@H](n5ccc(=O)[nH]c5=O)[C@H](F)[C@@H]4O2)[C@@H]3F)cc1.[NH4+]. The van der Waals surface area contributed by atoms with Gasteiger partial charge in [0, 0.05) is 18.0 Å². The monoisotopic (exact) mass is 864 g/mol. The molecule has 0 spiro atoms. The average molecular weight is 865 g/mol. The molecule has 22 nitrogen and oxygen atoms in total. The number of halogens is 2. The number of ether oxygens (including phenoxy) is 4. The van der Waals surface area contributed by atoms with Crippen LogP contribution in [0.25, 0.3) is 11.2 Å². The molecule has 3 aliphatic heterocycles. The molecule has 27 heteroatoms. The van der Waals surface area contributed by atoms with Crippen LogP contribution in [0.15, 0.2) is 58.8 Å². The molecule has 3 aliphatic rings. The van der Waals surface area contributed by atoms with Crippen molar-refractivity contribution in [1.29, 1.82) is 0 Å². The maximum absolute atomic E-state index is 16.3. The summed E-state index contributed by atoms with van der Waals surface area (Å²) in [5.74, 6) is -0.0413. The van der Waals surface area contributed by atoms with Crippen molar-refractivity contribution in [3.05, 3.63) is 75.6 Å². The Kier molecular flexibility index (Phi) is 12.7. The predicted molar refractivity (Wildman–Crippen MR) is 191 cm³/mol. The number of hydrogen-bond donors (Lipinski definition) is 3. The topological polar surface area (TPSA) is 309 Å². The fourth-order valence-electron chi connectivity index (χ4n) is 5.90. The van der Waals surface area contributed by atoms with Crippen molar-refractivity contribution < 1.29 is 64.6 Å². The zero-order valence-corrected chi connectivity index (χ0v) is 32.6. The van der Waals surface area contributed by atoms with E-state index in [1.54, 1.807) is 13.8 Å². The van der Waals surface area contributed by atoms with E-state index in [1.165, 1.54) is 24.3 Å². The Morgan fingerprint density at radius 1 is 1.00 bits per heavy atom. The van der Waals surface area contributed by atoms with Crippen LogP contribution in [0.2, 0.25) is 0 Å². The molecule has 10 atom stereocenters. The van der Waals surface area contributed by atoms with E-state index < -0.39 is 101 Å². The van der Waals surface area contributed by atoms with Crippen molar-refractivity contribution >= 4 is 49.1 Å². The number of phosphoric acid groups is 1. The number of carbonyl (C=O) groups is 1. The number of phosphoric ester groups is 1. The molecular formula is C30H36F2N8O14P2S. The quantitative estimate of drug-likeness (QED) is 0.137. The van der Waals surface area contributed by atoms with Crippen molar-refractivity contribution in [2.45, 2.75) is 74.9 Å². The third-order valence-corrected chi connectivity index (χ3v) is 13.1. The fraction of sp³-hybridized carbons (Fsp3) is 0.467. The number of nitrogen functional groups attached to an aromatic ring is 1. The third kappa shape index (κ3) is 9.29. The van der Waals surface area contributed by atoms with Gasteiger partial charge in [-0.25, -0.2) is 37.9 Å². The maximum Gasteiger partial charge on any atom is 0.514 e. The number of aromatic amines is 1. The Bertz CT molecular complexity index is 2300. The molecule has 57 heavy (non-hydrogen) atoms. The summed E-state index contributed by atoms with van der Waals surface area (Å²) in [6.45, 7) is -3.26. The summed E-state index contributed by atoms with van der Waals surface area (Å²) in [5, 5.41) is 0. The fourth-order valence-corrected chi connectivity index (χ4v) is 10.2. The van der Waals surface area contributed by atoms with Gasteiger partial charge in [-0.3, -0.25) is 32.5 Å². The number of rotatable bonds is 7. The van der Waals surface area contributed by atoms with Crippen LogP contribution in [0.1, 0.15) is 31.9 Å². The van der Waals surface area contributed by atoms with Gasteiger partial charge < -0.3 is 44.8 Å². The number of aromatic nitrogens is 6. The molecule has 3 saturated heterocycles. The Morgan fingerprint density at radius 3 is 2.44 bits per heavy atom. The number of nitrogens with one attached hydrogen (secondary N) is 1. The number of quaternary nitrogens is 1. The van der Waals surface area contributed by atoms with Crippen LogP contribution in [-0.4, -0.2) is 91.3 Å². The van der Waals surface area contributed by atoms with Crippen molar-refractivity contribution in [3.63, 3.8) is 0 Å². The lowest BCUT2D eigenvalue weighted by Crippen LogP contribution is -2.36. The molecule has 4 aromatic rings. The predicted octanol–water partition coefficient (Wildman–Crippen LogP) is 3.06. The number of fused-ring (bicyclic) bond motifs is 4. The number of hydrogen-bond acceptors (Lipinski definition) is 19. The summed E-state index contributed by atoms with van der Waals surface area (Å²) >= 11 is 0.547. The van der Waals surface area contributed by atoms with Crippen LogP contribution in [0.3, 0.4) is 0 Å². The number of nitrogens with two attached hydrogens (primary N) is 1. The molecule has 2 bridgehead atoms. The number of nitrogens with zero attached hydrogens (tertiary/aromatic N) is 5. The second kappa shape index (κ2) is 17.0. The van der Waals surface area contributed by atoms with E-state index in [1.807, 2.05) is 4.98 Å². The Morgan fingerprint density at radius 2 is 1.72 bits per heavy atom. The standard InChI is InChI=1S/C30H33F2N7O14P2S.H3N/c1-14(2)48-30(42)49-16-5-3-15(4-6-16)11-56-55(45)47-9-17-20(31)24(28(50-17)39-13-36-22-25(33)34-12-35-26(22)39)52-54(43,44)46-10-18-23(53-55)21(32)27(51-18)38-8-7-19(40)37-29(38)41;/h3-8,12-14,17-18,20-21,23-24,27-28H,9-11H2,1-2H3,(H,43,44)(H2,33,34,35)(H,37,40,41);1H3/t17-,18-,20-,21-,23-,24-,27-,28-,55?;/m1./s1. The first-order chi connectivity index (χ1) is 26.6. The van der Waals surface area contributed by atoms with E-state index in [2.05, 4.69) is 15.0 Å². The van der Waals surface area contributed by atoms with Gasteiger partial charge in [-0.05, 0) is 42.9 Å². The van der Waals surface area contributed by atoms with Crippen LogP contribution < -0.4 is 32.8 Å². The second-order valence-electron chi connectivity index (χ2n) is 12.7. The van der Waals surface area contributed by atoms with E-state index in [-0.39, 0.29) is 34.6 Å². The molecule has 3 aromatic heterocycles. The highest BCUT2D eigenvalue weighted by Gasteiger charge is 2.54. The highest BCUT2D eigenvalue weighted by Crippen LogP contribution is 2.64. The lowest BCUT2D eigenvalue weighted by Gasteiger charge is -2.31. The molecule has 310 valence electrons. The van der Waals surface area contributed by atoms with Crippen molar-refractivity contribution in [3.8, 4) is 5.75 Å². The molecule has 7 rings (SSSR count). The minimum absolute atomic E-state index is 0. The number of H-pyrrole nitrogens is 1. The maximum atomic E-state index is 16.3. The molecule has 0 aliphatic carbocycles. The lowest BCUT2D eigenvalue weighted by molar-refractivity contribution is -0.236. The lowest BCUT2D eigenvalue weighted by atomic mass is 10.1. The minimum Gasteiger partial charge on any atom is -0.756 e. The summed E-state index contributed by atoms with van der Waals surface area (Å²) in [7, 11) is -5.52. The molecule has 3 fully saturated rings. The molecule has 7 N–H and O–H groups in total. The van der Waals surface area contributed by atoms with Crippen molar-refractivity contribution in [2.75, 3.05) is 18.9 Å². The van der Waals surface area contributed by atoms with Gasteiger partial charge in [0.1, 0.15) is 42.0 Å². The normalized spacial score (nSPS) is 31.8. The molecule has 0 amide bonds.